The summed E-state index contributed by atoms with van der Waals surface area (Å²) in [5.74, 6) is 0.506. The number of amides is 1. The van der Waals surface area contributed by atoms with Gasteiger partial charge in [-0.2, -0.15) is 0 Å². The first kappa shape index (κ1) is 14.0. The van der Waals surface area contributed by atoms with Crippen LogP contribution in [0.2, 0.25) is 0 Å². The highest BCUT2D eigenvalue weighted by Crippen LogP contribution is 2.21. The maximum absolute atomic E-state index is 12.3. The van der Waals surface area contributed by atoms with Crippen LogP contribution in [0.25, 0.3) is 0 Å². The Morgan fingerprint density at radius 2 is 1.85 bits per heavy atom. The topological polar surface area (TPSA) is 43.9 Å². The fourth-order valence-corrected chi connectivity index (χ4v) is 3.66. The lowest BCUT2D eigenvalue weighted by atomic mass is 9.99. The van der Waals surface area contributed by atoms with Crippen molar-refractivity contribution in [3.8, 4) is 0 Å². The molecule has 5 nitrogen and oxygen atoms in total. The Hall–Kier alpha value is -0.940. The Labute approximate surface area is 120 Å². The van der Waals surface area contributed by atoms with Gasteiger partial charge in [0.15, 0.2) is 0 Å². The Balaban J connectivity index is 1.48. The first-order chi connectivity index (χ1) is 9.72. The fraction of sp³-hybridized carbons (Fsp3) is 0.867. The van der Waals surface area contributed by atoms with Crippen molar-refractivity contribution in [3.63, 3.8) is 0 Å². The lowest BCUT2D eigenvalue weighted by molar-refractivity contribution is -0.136. The van der Waals surface area contributed by atoms with E-state index in [2.05, 4.69) is 9.80 Å². The van der Waals surface area contributed by atoms with Crippen LogP contribution in [0.15, 0.2) is 0 Å². The highest BCUT2D eigenvalue weighted by molar-refractivity contribution is 5.84. The van der Waals surface area contributed by atoms with Gasteiger partial charge in [-0.25, -0.2) is 0 Å². The minimum Gasteiger partial charge on any atom is -0.341 e. The third kappa shape index (κ3) is 3.20. The Morgan fingerprint density at radius 1 is 1.05 bits per heavy atom. The molecule has 3 aliphatic rings. The molecule has 0 bridgehead atoms. The van der Waals surface area contributed by atoms with Gasteiger partial charge < -0.3 is 4.90 Å². The van der Waals surface area contributed by atoms with E-state index < -0.39 is 0 Å². The molecule has 3 rings (SSSR count). The van der Waals surface area contributed by atoms with Gasteiger partial charge in [-0.1, -0.05) is 6.42 Å². The molecule has 0 aromatic heterocycles. The molecular weight excluding hydrogens is 254 g/mol. The quantitative estimate of drug-likeness (QED) is 0.731. The van der Waals surface area contributed by atoms with Gasteiger partial charge in [0, 0.05) is 51.6 Å². The molecule has 0 aliphatic carbocycles. The van der Waals surface area contributed by atoms with Crippen molar-refractivity contribution in [3.05, 3.63) is 0 Å². The molecule has 112 valence electrons. The molecule has 5 heteroatoms. The Morgan fingerprint density at radius 3 is 2.65 bits per heavy atom. The van der Waals surface area contributed by atoms with Crippen LogP contribution in [0.4, 0.5) is 0 Å². The number of piperazine rings is 1. The molecule has 1 atom stereocenters. The summed E-state index contributed by atoms with van der Waals surface area (Å²) in [7, 11) is 0. The van der Waals surface area contributed by atoms with Crippen molar-refractivity contribution >= 4 is 11.7 Å². The van der Waals surface area contributed by atoms with E-state index in [1.165, 1.54) is 25.8 Å². The standard InChI is InChI=1S/C15H25N3O2/c19-14-4-7-18(8-5-14)15(20)12-16-9-10-17-6-2-1-3-13(17)11-16/h13H,1-12H2. The van der Waals surface area contributed by atoms with Crippen molar-refractivity contribution in [1.29, 1.82) is 0 Å². The van der Waals surface area contributed by atoms with Gasteiger partial charge in [-0.3, -0.25) is 19.4 Å². The molecular formula is C15H25N3O2. The molecule has 3 saturated heterocycles. The monoisotopic (exact) mass is 279 g/mol. The third-order valence-corrected chi connectivity index (χ3v) is 4.95. The highest BCUT2D eigenvalue weighted by atomic mass is 16.2. The molecule has 0 aromatic carbocycles. The van der Waals surface area contributed by atoms with Crippen LogP contribution in [0.1, 0.15) is 32.1 Å². The van der Waals surface area contributed by atoms with Crippen LogP contribution in [0.5, 0.6) is 0 Å². The number of fused-ring (bicyclic) bond motifs is 1. The van der Waals surface area contributed by atoms with Gasteiger partial charge in [0.2, 0.25) is 5.91 Å². The average molecular weight is 279 g/mol. The molecule has 0 N–H and O–H groups in total. The van der Waals surface area contributed by atoms with Crippen LogP contribution < -0.4 is 0 Å². The molecule has 1 unspecified atom stereocenters. The minimum atomic E-state index is 0.210. The zero-order valence-corrected chi connectivity index (χ0v) is 12.2. The van der Waals surface area contributed by atoms with Crippen molar-refractivity contribution in [1.82, 2.24) is 14.7 Å². The lowest BCUT2D eigenvalue weighted by Gasteiger charge is -2.44. The van der Waals surface area contributed by atoms with Crippen LogP contribution in [-0.2, 0) is 9.59 Å². The van der Waals surface area contributed by atoms with Crippen LogP contribution in [0.3, 0.4) is 0 Å². The number of Topliss-reactive ketones (excluding diaryl/α,β-unsaturated/α-hetero) is 1. The van der Waals surface area contributed by atoms with E-state index in [4.69, 9.17) is 0 Å². The molecule has 20 heavy (non-hydrogen) atoms. The molecule has 3 heterocycles. The van der Waals surface area contributed by atoms with E-state index in [0.29, 0.717) is 44.3 Å². The van der Waals surface area contributed by atoms with Crippen LogP contribution in [0, 0.1) is 0 Å². The second kappa shape index (κ2) is 6.22. The molecule has 3 fully saturated rings. The average Bonchev–Trinajstić information content (AvgIpc) is 2.48. The predicted octanol–water partition coefficient (Wildman–Crippen LogP) is 0.348. The number of nitrogens with zero attached hydrogens (tertiary/aromatic N) is 3. The predicted molar refractivity (Wildman–Crippen MR) is 76.5 cm³/mol. The largest absolute Gasteiger partial charge is 0.341 e. The summed E-state index contributed by atoms with van der Waals surface area (Å²) < 4.78 is 0. The molecule has 0 spiro atoms. The lowest BCUT2D eigenvalue weighted by Crippen LogP contribution is -2.56. The summed E-state index contributed by atoms with van der Waals surface area (Å²) in [6.45, 7) is 6.19. The smallest absolute Gasteiger partial charge is 0.236 e. The van der Waals surface area contributed by atoms with Gasteiger partial charge >= 0.3 is 0 Å². The van der Waals surface area contributed by atoms with E-state index >= 15 is 0 Å². The molecule has 1 amide bonds. The molecule has 0 aromatic rings. The number of carbonyl (C=O) groups excluding carboxylic acids is 2. The minimum absolute atomic E-state index is 0.210. The van der Waals surface area contributed by atoms with Gasteiger partial charge in [0.05, 0.1) is 6.54 Å². The van der Waals surface area contributed by atoms with Gasteiger partial charge in [0.25, 0.3) is 0 Å². The van der Waals surface area contributed by atoms with E-state index in [0.717, 1.165) is 19.6 Å². The Bertz CT molecular complexity index is 375. The number of piperidine rings is 2. The second-order valence-corrected chi connectivity index (χ2v) is 6.34. The van der Waals surface area contributed by atoms with Crippen LogP contribution >= 0.6 is 0 Å². The maximum Gasteiger partial charge on any atom is 0.236 e. The number of carbonyl (C=O) groups is 2. The molecule has 0 radical (unpaired) electrons. The number of likely N-dealkylation sites (tertiary alicyclic amines) is 1. The van der Waals surface area contributed by atoms with Gasteiger partial charge in [0.1, 0.15) is 5.78 Å². The number of ketones is 1. The molecule has 3 aliphatic heterocycles. The van der Waals surface area contributed by atoms with Gasteiger partial charge in [-0.05, 0) is 19.4 Å². The van der Waals surface area contributed by atoms with Crippen molar-refractivity contribution < 1.29 is 9.59 Å². The zero-order chi connectivity index (χ0) is 13.9. The number of hydrogen-bond acceptors (Lipinski definition) is 4. The van der Waals surface area contributed by atoms with E-state index in [-0.39, 0.29) is 5.91 Å². The Kier molecular flexibility index (Phi) is 4.36. The zero-order valence-electron chi connectivity index (χ0n) is 12.2. The van der Waals surface area contributed by atoms with Crippen LogP contribution in [-0.4, -0.2) is 78.2 Å². The summed E-state index contributed by atoms with van der Waals surface area (Å²) in [6.07, 6.45) is 5.03. The second-order valence-electron chi connectivity index (χ2n) is 6.34. The summed E-state index contributed by atoms with van der Waals surface area (Å²) >= 11 is 0. The highest BCUT2D eigenvalue weighted by Gasteiger charge is 2.30. The van der Waals surface area contributed by atoms with E-state index in [1.54, 1.807) is 0 Å². The van der Waals surface area contributed by atoms with Crippen molar-refractivity contribution in [2.24, 2.45) is 0 Å². The maximum atomic E-state index is 12.3. The SMILES string of the molecule is O=C1CCN(C(=O)CN2CCN3CCCCC3C2)CC1. The summed E-state index contributed by atoms with van der Waals surface area (Å²) in [5, 5.41) is 0. The number of rotatable bonds is 2. The third-order valence-electron chi connectivity index (χ3n) is 4.95. The molecule has 0 saturated carbocycles. The van der Waals surface area contributed by atoms with Crippen molar-refractivity contribution in [2.45, 2.75) is 38.1 Å². The van der Waals surface area contributed by atoms with Crippen molar-refractivity contribution in [2.75, 3.05) is 45.8 Å². The summed E-state index contributed by atoms with van der Waals surface area (Å²) in [4.78, 5) is 30.3. The first-order valence-corrected chi connectivity index (χ1v) is 7.98. The van der Waals surface area contributed by atoms with Gasteiger partial charge in [-0.15, -0.1) is 0 Å². The summed E-state index contributed by atoms with van der Waals surface area (Å²) in [5.41, 5.74) is 0. The number of hydrogen-bond donors (Lipinski definition) is 0. The fourth-order valence-electron chi connectivity index (χ4n) is 3.66. The summed E-state index contributed by atoms with van der Waals surface area (Å²) in [6, 6.07) is 0.660. The van der Waals surface area contributed by atoms with E-state index in [1.807, 2.05) is 4.90 Å². The normalized spacial score (nSPS) is 29.3. The van der Waals surface area contributed by atoms with E-state index in [9.17, 15) is 9.59 Å². The first-order valence-electron chi connectivity index (χ1n) is 7.98.